The molecule has 0 radical (unpaired) electrons. The highest BCUT2D eigenvalue weighted by Gasteiger charge is 2.38. The van der Waals surface area contributed by atoms with Crippen molar-refractivity contribution in [2.24, 2.45) is 0 Å². The number of amides is 1. The van der Waals surface area contributed by atoms with Gasteiger partial charge in [0.2, 0.25) is 5.91 Å². The molecular weight excluding hydrogens is 150 g/mol. The van der Waals surface area contributed by atoms with Crippen LogP contribution in [0.3, 0.4) is 0 Å². The first kappa shape index (κ1) is 9.56. The molecule has 0 bridgehead atoms. The van der Waals surface area contributed by atoms with Gasteiger partial charge in [0.1, 0.15) is 0 Å². The molecule has 2 nitrogen and oxygen atoms in total. The lowest BCUT2D eigenvalue weighted by Crippen LogP contribution is -2.46. The van der Waals surface area contributed by atoms with E-state index in [9.17, 15) is 4.79 Å². The Morgan fingerprint density at radius 3 is 2.17 bits per heavy atom. The predicted molar refractivity (Wildman–Crippen MR) is 49.9 cm³/mol. The van der Waals surface area contributed by atoms with Gasteiger partial charge < -0.3 is 4.90 Å². The van der Waals surface area contributed by atoms with Gasteiger partial charge in [-0.05, 0) is 33.6 Å². The van der Waals surface area contributed by atoms with Crippen LogP contribution in [0.15, 0.2) is 0 Å². The monoisotopic (exact) mass is 169 g/mol. The summed E-state index contributed by atoms with van der Waals surface area (Å²) in [6.45, 7) is 8.26. The normalized spacial score (nSPS) is 17.7. The van der Waals surface area contributed by atoms with Crippen molar-refractivity contribution in [2.45, 2.75) is 58.5 Å². The third-order valence-corrected chi connectivity index (χ3v) is 2.21. The van der Waals surface area contributed by atoms with Crippen LogP contribution in [0, 0.1) is 0 Å². The largest absolute Gasteiger partial charge is 0.335 e. The average Bonchev–Trinajstić information content (AvgIpc) is 2.68. The van der Waals surface area contributed by atoms with Gasteiger partial charge >= 0.3 is 0 Å². The minimum Gasteiger partial charge on any atom is -0.335 e. The van der Waals surface area contributed by atoms with Crippen molar-refractivity contribution in [3.8, 4) is 0 Å². The number of hydrogen-bond acceptors (Lipinski definition) is 1. The van der Waals surface area contributed by atoms with Crippen molar-refractivity contribution in [1.29, 1.82) is 0 Å². The smallest absolute Gasteiger partial charge is 0.222 e. The third kappa shape index (κ3) is 1.99. The van der Waals surface area contributed by atoms with E-state index in [-0.39, 0.29) is 5.54 Å². The second-order valence-electron chi connectivity index (χ2n) is 4.52. The summed E-state index contributed by atoms with van der Waals surface area (Å²) < 4.78 is 0. The van der Waals surface area contributed by atoms with E-state index in [0.29, 0.717) is 18.4 Å². The summed E-state index contributed by atoms with van der Waals surface area (Å²) >= 11 is 0. The van der Waals surface area contributed by atoms with Crippen LogP contribution in [0.5, 0.6) is 0 Å². The number of carbonyl (C=O) groups is 1. The highest BCUT2D eigenvalue weighted by Crippen LogP contribution is 2.33. The molecule has 0 aliphatic heterocycles. The van der Waals surface area contributed by atoms with Crippen LogP contribution in [-0.2, 0) is 4.79 Å². The van der Waals surface area contributed by atoms with E-state index in [1.54, 1.807) is 0 Å². The number of hydrogen-bond donors (Lipinski definition) is 0. The molecule has 0 aromatic heterocycles. The Morgan fingerprint density at radius 2 is 1.92 bits per heavy atom. The number of carbonyl (C=O) groups excluding carboxylic acids is 1. The van der Waals surface area contributed by atoms with E-state index in [4.69, 9.17) is 0 Å². The van der Waals surface area contributed by atoms with Crippen molar-refractivity contribution in [3.63, 3.8) is 0 Å². The Hall–Kier alpha value is -0.530. The Kier molecular flexibility index (Phi) is 2.45. The Morgan fingerprint density at radius 1 is 1.42 bits per heavy atom. The summed E-state index contributed by atoms with van der Waals surface area (Å²) in [7, 11) is 0. The fourth-order valence-corrected chi connectivity index (χ4v) is 1.63. The molecule has 1 fully saturated rings. The predicted octanol–water partition coefficient (Wildman–Crippen LogP) is 2.19. The number of nitrogens with zero attached hydrogens (tertiary/aromatic N) is 1. The average molecular weight is 169 g/mol. The quantitative estimate of drug-likeness (QED) is 0.620. The van der Waals surface area contributed by atoms with Crippen molar-refractivity contribution < 1.29 is 4.79 Å². The van der Waals surface area contributed by atoms with E-state index >= 15 is 0 Å². The van der Waals surface area contributed by atoms with Gasteiger partial charge in [0.05, 0.1) is 0 Å². The van der Waals surface area contributed by atoms with Crippen LogP contribution in [0.25, 0.3) is 0 Å². The van der Waals surface area contributed by atoms with E-state index in [1.807, 2.05) is 11.8 Å². The lowest BCUT2D eigenvalue weighted by atomic mass is 10.1. The van der Waals surface area contributed by atoms with E-state index in [0.717, 1.165) is 0 Å². The standard InChI is InChI=1S/C10H19NO/c1-5-9(12)11(8-6-7-8)10(2,3)4/h8H,5-7H2,1-4H3. The van der Waals surface area contributed by atoms with Gasteiger partial charge in [-0.25, -0.2) is 0 Å². The summed E-state index contributed by atoms with van der Waals surface area (Å²) in [6.07, 6.45) is 3.03. The van der Waals surface area contributed by atoms with E-state index in [2.05, 4.69) is 20.8 Å². The van der Waals surface area contributed by atoms with Crippen molar-refractivity contribution in [1.82, 2.24) is 4.90 Å². The highest BCUT2D eigenvalue weighted by atomic mass is 16.2. The summed E-state index contributed by atoms with van der Waals surface area (Å²) in [5.74, 6) is 0.296. The van der Waals surface area contributed by atoms with E-state index in [1.165, 1.54) is 12.8 Å². The highest BCUT2D eigenvalue weighted by molar-refractivity contribution is 5.77. The second-order valence-corrected chi connectivity index (χ2v) is 4.52. The van der Waals surface area contributed by atoms with Gasteiger partial charge in [-0.15, -0.1) is 0 Å². The maximum Gasteiger partial charge on any atom is 0.222 e. The first-order valence-electron chi connectivity index (χ1n) is 4.79. The van der Waals surface area contributed by atoms with Crippen LogP contribution in [-0.4, -0.2) is 22.4 Å². The van der Waals surface area contributed by atoms with E-state index < -0.39 is 0 Å². The molecule has 0 spiro atoms. The molecule has 1 aliphatic rings. The zero-order valence-corrected chi connectivity index (χ0v) is 8.55. The van der Waals surface area contributed by atoms with Crippen molar-refractivity contribution in [3.05, 3.63) is 0 Å². The van der Waals surface area contributed by atoms with Crippen LogP contribution < -0.4 is 0 Å². The molecule has 1 rings (SSSR count). The second kappa shape index (κ2) is 3.08. The van der Waals surface area contributed by atoms with Crippen LogP contribution in [0.1, 0.15) is 47.0 Å². The third-order valence-electron chi connectivity index (χ3n) is 2.21. The van der Waals surface area contributed by atoms with Crippen LogP contribution in [0.2, 0.25) is 0 Å². The molecule has 2 heteroatoms. The Labute approximate surface area is 74.9 Å². The summed E-state index contributed by atoms with van der Waals surface area (Å²) in [4.78, 5) is 13.6. The maximum absolute atomic E-state index is 11.6. The van der Waals surface area contributed by atoms with Gasteiger partial charge in [-0.2, -0.15) is 0 Å². The topological polar surface area (TPSA) is 20.3 Å². The zero-order valence-electron chi connectivity index (χ0n) is 8.55. The minimum atomic E-state index is 0.00819. The molecule has 1 aliphatic carbocycles. The van der Waals surface area contributed by atoms with Gasteiger partial charge in [0.15, 0.2) is 0 Å². The molecule has 0 N–H and O–H groups in total. The zero-order chi connectivity index (χ0) is 9.35. The molecule has 1 amide bonds. The summed E-state index contributed by atoms with van der Waals surface area (Å²) in [5, 5.41) is 0. The Bertz CT molecular complexity index is 177. The molecule has 0 aromatic rings. The maximum atomic E-state index is 11.6. The van der Waals surface area contributed by atoms with Crippen LogP contribution >= 0.6 is 0 Å². The minimum absolute atomic E-state index is 0.00819. The molecule has 0 atom stereocenters. The molecular formula is C10H19NO. The van der Waals surface area contributed by atoms with Crippen molar-refractivity contribution >= 4 is 5.91 Å². The van der Waals surface area contributed by atoms with Crippen LogP contribution in [0.4, 0.5) is 0 Å². The molecule has 12 heavy (non-hydrogen) atoms. The SMILES string of the molecule is CCC(=O)N(C1CC1)C(C)(C)C. The molecule has 0 aromatic carbocycles. The van der Waals surface area contributed by atoms with Gasteiger partial charge in [-0.3, -0.25) is 4.79 Å². The number of rotatable bonds is 2. The molecule has 0 unspecified atom stereocenters. The molecule has 0 saturated heterocycles. The summed E-state index contributed by atoms with van der Waals surface area (Å²) in [5.41, 5.74) is 0.00819. The fraction of sp³-hybridized carbons (Fsp3) is 0.900. The van der Waals surface area contributed by atoms with Gasteiger partial charge in [-0.1, -0.05) is 6.92 Å². The summed E-state index contributed by atoms with van der Waals surface area (Å²) in [6, 6.07) is 0.539. The first-order chi connectivity index (χ1) is 5.46. The molecule has 1 saturated carbocycles. The first-order valence-corrected chi connectivity index (χ1v) is 4.79. The lowest BCUT2D eigenvalue weighted by molar-refractivity contribution is -0.136. The molecule has 0 heterocycles. The van der Waals surface area contributed by atoms with Crippen molar-refractivity contribution in [2.75, 3.05) is 0 Å². The fourth-order valence-electron chi connectivity index (χ4n) is 1.63. The van der Waals surface area contributed by atoms with Gasteiger partial charge in [0, 0.05) is 18.0 Å². The molecule has 70 valence electrons. The van der Waals surface area contributed by atoms with Gasteiger partial charge in [0.25, 0.3) is 0 Å². The Balaban J connectivity index is 2.67. The lowest BCUT2D eigenvalue weighted by Gasteiger charge is -2.35.